The second kappa shape index (κ2) is 6.77. The Morgan fingerprint density at radius 3 is 1.77 bits per heavy atom. The van der Waals surface area contributed by atoms with Crippen molar-refractivity contribution in [3.8, 4) is 0 Å². The molecule has 0 saturated carbocycles. The molecule has 0 bridgehead atoms. The summed E-state index contributed by atoms with van der Waals surface area (Å²) in [6.45, 7) is 3.83. The fourth-order valence-electron chi connectivity index (χ4n) is 2.59. The van der Waals surface area contributed by atoms with Crippen molar-refractivity contribution in [3.05, 3.63) is 103 Å². The van der Waals surface area contributed by atoms with Crippen molar-refractivity contribution >= 4 is 17.1 Å². The van der Waals surface area contributed by atoms with Crippen molar-refractivity contribution in [2.75, 3.05) is 4.90 Å². The average Bonchev–Trinajstić information content (AvgIpc) is 2.58. The van der Waals surface area contributed by atoms with E-state index in [1.54, 1.807) is 0 Å². The van der Waals surface area contributed by atoms with Gasteiger partial charge < -0.3 is 4.90 Å². The van der Waals surface area contributed by atoms with Crippen LogP contribution in [0.1, 0.15) is 5.56 Å². The molecule has 0 spiro atoms. The van der Waals surface area contributed by atoms with E-state index < -0.39 is 0 Å². The first kappa shape index (κ1) is 14.2. The second-order valence-electron chi connectivity index (χ2n) is 5.17. The Morgan fingerprint density at radius 1 is 0.682 bits per heavy atom. The first-order chi connectivity index (χ1) is 10.9. The summed E-state index contributed by atoms with van der Waals surface area (Å²) >= 11 is 0. The normalized spacial score (nSPS) is 10.2. The van der Waals surface area contributed by atoms with Gasteiger partial charge in [0.1, 0.15) is 0 Å². The van der Waals surface area contributed by atoms with Crippen LogP contribution < -0.4 is 4.90 Å². The highest BCUT2D eigenvalue weighted by Gasteiger charge is 2.11. The lowest BCUT2D eigenvalue weighted by Crippen LogP contribution is -2.09. The van der Waals surface area contributed by atoms with Gasteiger partial charge in [-0.05, 0) is 48.4 Å². The van der Waals surface area contributed by atoms with Gasteiger partial charge in [-0.2, -0.15) is 0 Å². The number of anilines is 3. The smallest absolute Gasteiger partial charge is 0.0464 e. The van der Waals surface area contributed by atoms with Crippen molar-refractivity contribution in [2.24, 2.45) is 0 Å². The third kappa shape index (κ3) is 3.09. The maximum Gasteiger partial charge on any atom is 0.0464 e. The van der Waals surface area contributed by atoms with Crippen LogP contribution in [-0.2, 0) is 6.42 Å². The highest BCUT2D eigenvalue weighted by atomic mass is 15.1. The molecule has 0 aromatic heterocycles. The molecule has 22 heavy (non-hydrogen) atoms. The van der Waals surface area contributed by atoms with E-state index in [9.17, 15) is 0 Å². The maximum absolute atomic E-state index is 3.83. The Bertz CT molecular complexity index is 693. The Labute approximate surface area is 132 Å². The van der Waals surface area contributed by atoms with Gasteiger partial charge >= 0.3 is 0 Å². The van der Waals surface area contributed by atoms with Gasteiger partial charge in [0.15, 0.2) is 0 Å². The van der Waals surface area contributed by atoms with Gasteiger partial charge in [-0.15, -0.1) is 6.58 Å². The molecule has 3 rings (SSSR count). The molecule has 0 aliphatic heterocycles. The van der Waals surface area contributed by atoms with Gasteiger partial charge in [0, 0.05) is 17.1 Å². The predicted octanol–water partition coefficient (Wildman–Crippen LogP) is 5.88. The van der Waals surface area contributed by atoms with Crippen LogP contribution in [-0.4, -0.2) is 0 Å². The molecule has 0 radical (unpaired) electrons. The van der Waals surface area contributed by atoms with Gasteiger partial charge in [0.2, 0.25) is 0 Å². The van der Waals surface area contributed by atoms with Crippen LogP contribution >= 0.6 is 0 Å². The number of allylic oxidation sites excluding steroid dienone is 1. The van der Waals surface area contributed by atoms with Crippen LogP contribution in [0.5, 0.6) is 0 Å². The molecule has 3 aromatic carbocycles. The number of rotatable bonds is 5. The zero-order valence-electron chi connectivity index (χ0n) is 12.5. The van der Waals surface area contributed by atoms with E-state index in [1.165, 1.54) is 5.56 Å². The highest BCUT2D eigenvalue weighted by molar-refractivity contribution is 5.76. The number of para-hydroxylation sites is 2. The summed E-state index contributed by atoms with van der Waals surface area (Å²) in [5, 5.41) is 0. The molecule has 1 nitrogen and oxygen atoms in total. The summed E-state index contributed by atoms with van der Waals surface area (Å²) in [6, 6.07) is 29.5. The molecule has 0 N–H and O–H groups in total. The van der Waals surface area contributed by atoms with Crippen LogP contribution in [0.2, 0.25) is 0 Å². The highest BCUT2D eigenvalue weighted by Crippen LogP contribution is 2.34. The van der Waals surface area contributed by atoms with Gasteiger partial charge in [0.05, 0.1) is 0 Å². The van der Waals surface area contributed by atoms with Crippen LogP contribution in [0.3, 0.4) is 0 Å². The first-order valence-electron chi connectivity index (χ1n) is 7.48. The van der Waals surface area contributed by atoms with E-state index in [4.69, 9.17) is 0 Å². The molecule has 0 unspecified atom stereocenters. The van der Waals surface area contributed by atoms with Crippen LogP contribution in [0.15, 0.2) is 97.6 Å². The Balaban J connectivity index is 2.10. The minimum Gasteiger partial charge on any atom is -0.310 e. The Hall–Kier alpha value is -2.80. The molecule has 0 aliphatic rings. The summed E-state index contributed by atoms with van der Waals surface area (Å²) in [6.07, 6.45) is 2.82. The van der Waals surface area contributed by atoms with Gasteiger partial charge in [-0.1, -0.05) is 54.6 Å². The fourth-order valence-corrected chi connectivity index (χ4v) is 2.59. The van der Waals surface area contributed by atoms with E-state index in [-0.39, 0.29) is 0 Å². The molecule has 0 atom stereocenters. The monoisotopic (exact) mass is 285 g/mol. The predicted molar refractivity (Wildman–Crippen MR) is 95.0 cm³/mol. The minimum absolute atomic E-state index is 0.880. The summed E-state index contributed by atoms with van der Waals surface area (Å²) in [7, 11) is 0. The summed E-state index contributed by atoms with van der Waals surface area (Å²) in [5.74, 6) is 0. The van der Waals surface area contributed by atoms with E-state index in [0.717, 1.165) is 23.5 Å². The van der Waals surface area contributed by atoms with E-state index in [2.05, 4.69) is 84.3 Å². The lowest BCUT2D eigenvalue weighted by molar-refractivity contribution is 1.23. The quantitative estimate of drug-likeness (QED) is 0.529. The molecular formula is C21H19N. The van der Waals surface area contributed by atoms with Crippen LogP contribution in [0.4, 0.5) is 17.1 Å². The van der Waals surface area contributed by atoms with E-state index >= 15 is 0 Å². The van der Waals surface area contributed by atoms with Gasteiger partial charge in [-0.25, -0.2) is 0 Å². The number of benzene rings is 3. The Kier molecular flexibility index (Phi) is 4.35. The summed E-state index contributed by atoms with van der Waals surface area (Å²) < 4.78 is 0. The zero-order valence-corrected chi connectivity index (χ0v) is 12.5. The standard InChI is InChI=1S/C21H19N/c1-2-10-18-11-9-16-21(17-18)22(19-12-5-3-6-13-19)20-14-7-4-8-15-20/h2-9,11-17H,1,10H2. The topological polar surface area (TPSA) is 3.24 Å². The summed E-state index contributed by atoms with van der Waals surface area (Å²) in [5.41, 5.74) is 4.75. The van der Waals surface area contributed by atoms with Crippen molar-refractivity contribution in [1.29, 1.82) is 0 Å². The van der Waals surface area contributed by atoms with Crippen LogP contribution in [0.25, 0.3) is 0 Å². The maximum atomic E-state index is 3.83. The molecule has 3 aromatic rings. The zero-order chi connectivity index (χ0) is 15.2. The molecule has 0 aliphatic carbocycles. The SMILES string of the molecule is C=CCc1cccc(N(c2ccccc2)c2ccccc2)c1. The number of hydrogen-bond acceptors (Lipinski definition) is 1. The Morgan fingerprint density at radius 2 is 1.23 bits per heavy atom. The van der Waals surface area contributed by atoms with Crippen molar-refractivity contribution in [2.45, 2.75) is 6.42 Å². The lowest BCUT2D eigenvalue weighted by Gasteiger charge is -2.25. The largest absolute Gasteiger partial charge is 0.310 e. The fraction of sp³-hybridized carbons (Fsp3) is 0.0476. The van der Waals surface area contributed by atoms with Crippen LogP contribution in [0, 0.1) is 0 Å². The third-order valence-electron chi connectivity index (χ3n) is 3.58. The molecular weight excluding hydrogens is 266 g/mol. The molecule has 0 amide bonds. The first-order valence-corrected chi connectivity index (χ1v) is 7.48. The number of hydrogen-bond donors (Lipinski definition) is 0. The van der Waals surface area contributed by atoms with Crippen molar-refractivity contribution < 1.29 is 0 Å². The molecule has 0 saturated heterocycles. The van der Waals surface area contributed by atoms with Gasteiger partial charge in [-0.3, -0.25) is 0 Å². The van der Waals surface area contributed by atoms with Crippen molar-refractivity contribution in [3.63, 3.8) is 0 Å². The molecule has 0 fully saturated rings. The van der Waals surface area contributed by atoms with E-state index in [1.807, 2.05) is 18.2 Å². The summed E-state index contributed by atoms with van der Waals surface area (Å²) in [4.78, 5) is 2.27. The number of nitrogens with zero attached hydrogens (tertiary/aromatic N) is 1. The average molecular weight is 285 g/mol. The van der Waals surface area contributed by atoms with Gasteiger partial charge in [0.25, 0.3) is 0 Å². The second-order valence-corrected chi connectivity index (χ2v) is 5.17. The molecule has 0 heterocycles. The van der Waals surface area contributed by atoms with Crippen molar-refractivity contribution in [1.82, 2.24) is 0 Å². The minimum atomic E-state index is 0.880. The lowest BCUT2D eigenvalue weighted by atomic mass is 10.1. The molecule has 1 heteroatoms. The van der Waals surface area contributed by atoms with E-state index in [0.29, 0.717) is 0 Å². The third-order valence-corrected chi connectivity index (χ3v) is 3.58. The molecule has 108 valence electrons.